The SMILES string of the molecule is O=C1CCC([N+](=O)[O-])C(C2CCCCC2)N1. The molecule has 2 aliphatic rings. The van der Waals surface area contributed by atoms with Crippen LogP contribution in [0.3, 0.4) is 0 Å². The van der Waals surface area contributed by atoms with Crippen LogP contribution in [0.25, 0.3) is 0 Å². The summed E-state index contributed by atoms with van der Waals surface area (Å²) in [6.45, 7) is 0. The fourth-order valence-electron chi connectivity index (χ4n) is 2.97. The smallest absolute Gasteiger partial charge is 0.233 e. The summed E-state index contributed by atoms with van der Waals surface area (Å²) in [4.78, 5) is 22.1. The molecule has 2 fully saturated rings. The average Bonchev–Trinajstić information content (AvgIpc) is 2.29. The molecule has 5 heteroatoms. The van der Waals surface area contributed by atoms with E-state index in [2.05, 4.69) is 5.32 Å². The van der Waals surface area contributed by atoms with Crippen LogP contribution >= 0.6 is 0 Å². The van der Waals surface area contributed by atoms with Gasteiger partial charge in [-0.3, -0.25) is 14.9 Å². The van der Waals surface area contributed by atoms with Gasteiger partial charge in [-0.15, -0.1) is 0 Å². The Kier molecular flexibility index (Phi) is 3.41. The zero-order valence-corrected chi connectivity index (χ0v) is 9.35. The van der Waals surface area contributed by atoms with Gasteiger partial charge in [0.2, 0.25) is 11.9 Å². The summed E-state index contributed by atoms with van der Waals surface area (Å²) >= 11 is 0. The molecule has 2 atom stereocenters. The molecule has 0 radical (unpaired) electrons. The van der Waals surface area contributed by atoms with Gasteiger partial charge in [0, 0.05) is 17.8 Å². The Morgan fingerprint density at radius 3 is 2.50 bits per heavy atom. The van der Waals surface area contributed by atoms with Crippen molar-refractivity contribution >= 4 is 5.91 Å². The Balaban J connectivity index is 2.06. The minimum absolute atomic E-state index is 0.0197. The average molecular weight is 226 g/mol. The molecule has 1 N–H and O–H groups in total. The molecule has 1 heterocycles. The fourth-order valence-corrected chi connectivity index (χ4v) is 2.97. The molecule has 5 nitrogen and oxygen atoms in total. The van der Waals surface area contributed by atoms with Crippen molar-refractivity contribution in [2.24, 2.45) is 5.92 Å². The number of nitro groups is 1. The van der Waals surface area contributed by atoms with E-state index in [1.54, 1.807) is 0 Å². The molecule has 1 saturated carbocycles. The van der Waals surface area contributed by atoms with Crippen molar-refractivity contribution in [2.45, 2.75) is 57.0 Å². The van der Waals surface area contributed by atoms with E-state index in [9.17, 15) is 14.9 Å². The molecular weight excluding hydrogens is 208 g/mol. The zero-order chi connectivity index (χ0) is 11.5. The summed E-state index contributed by atoms with van der Waals surface area (Å²) in [6, 6.07) is -0.794. The maximum Gasteiger partial charge on any atom is 0.233 e. The summed E-state index contributed by atoms with van der Waals surface area (Å²) in [6.07, 6.45) is 6.25. The van der Waals surface area contributed by atoms with E-state index < -0.39 is 6.04 Å². The standard InChI is InChI=1S/C11H18N2O3/c14-10-7-6-9(13(15)16)11(12-10)8-4-2-1-3-5-8/h8-9,11H,1-7H2,(H,12,14). The number of hydrogen-bond acceptors (Lipinski definition) is 3. The predicted molar refractivity (Wildman–Crippen MR) is 58.5 cm³/mol. The first-order valence-electron chi connectivity index (χ1n) is 6.11. The number of carbonyl (C=O) groups excluding carboxylic acids is 1. The molecule has 90 valence electrons. The maximum atomic E-state index is 11.4. The third kappa shape index (κ3) is 2.33. The lowest BCUT2D eigenvalue weighted by Crippen LogP contribution is -2.55. The van der Waals surface area contributed by atoms with Crippen LogP contribution in [-0.4, -0.2) is 22.9 Å². The highest BCUT2D eigenvalue weighted by atomic mass is 16.6. The number of hydrogen-bond donors (Lipinski definition) is 1. The molecule has 0 bridgehead atoms. The normalized spacial score (nSPS) is 32.1. The topological polar surface area (TPSA) is 72.2 Å². The molecule has 1 amide bonds. The Labute approximate surface area is 94.7 Å². The Bertz CT molecular complexity index is 287. The van der Waals surface area contributed by atoms with Crippen LogP contribution in [-0.2, 0) is 4.79 Å². The molecule has 0 spiro atoms. The van der Waals surface area contributed by atoms with Gasteiger partial charge in [-0.25, -0.2) is 0 Å². The molecule has 2 unspecified atom stereocenters. The van der Waals surface area contributed by atoms with Crippen LogP contribution in [0.2, 0.25) is 0 Å². The highest BCUT2D eigenvalue weighted by Crippen LogP contribution is 2.31. The molecule has 0 aromatic rings. The summed E-state index contributed by atoms with van der Waals surface area (Å²) in [5.41, 5.74) is 0. The van der Waals surface area contributed by atoms with Crippen LogP contribution in [0.15, 0.2) is 0 Å². The molecule has 0 aromatic carbocycles. The third-order valence-corrected chi connectivity index (χ3v) is 3.84. The van der Waals surface area contributed by atoms with Gasteiger partial charge in [0.05, 0.1) is 6.04 Å². The molecule has 1 aliphatic heterocycles. The van der Waals surface area contributed by atoms with Gasteiger partial charge in [0.1, 0.15) is 0 Å². The maximum absolute atomic E-state index is 11.4. The minimum atomic E-state index is -0.569. The van der Waals surface area contributed by atoms with Crippen LogP contribution in [0.5, 0.6) is 0 Å². The van der Waals surface area contributed by atoms with E-state index in [-0.39, 0.29) is 16.9 Å². The van der Waals surface area contributed by atoms with E-state index in [1.165, 1.54) is 6.42 Å². The lowest BCUT2D eigenvalue weighted by molar-refractivity contribution is -0.530. The highest BCUT2D eigenvalue weighted by molar-refractivity contribution is 5.77. The summed E-state index contributed by atoms with van der Waals surface area (Å²) in [7, 11) is 0. The van der Waals surface area contributed by atoms with E-state index in [4.69, 9.17) is 0 Å². The van der Waals surface area contributed by atoms with Crippen molar-refractivity contribution in [1.29, 1.82) is 0 Å². The zero-order valence-electron chi connectivity index (χ0n) is 9.35. The van der Waals surface area contributed by atoms with Crippen molar-refractivity contribution < 1.29 is 9.72 Å². The van der Waals surface area contributed by atoms with E-state index in [0.717, 1.165) is 25.7 Å². The number of nitrogens with one attached hydrogen (secondary N) is 1. The van der Waals surface area contributed by atoms with Crippen LogP contribution in [0.1, 0.15) is 44.9 Å². The molecule has 2 rings (SSSR count). The lowest BCUT2D eigenvalue weighted by Gasteiger charge is -2.34. The van der Waals surface area contributed by atoms with Crippen molar-refractivity contribution in [3.05, 3.63) is 10.1 Å². The number of piperidine rings is 1. The van der Waals surface area contributed by atoms with Crippen LogP contribution in [0, 0.1) is 16.0 Å². The van der Waals surface area contributed by atoms with Gasteiger partial charge in [0.25, 0.3) is 0 Å². The minimum Gasteiger partial charge on any atom is -0.346 e. The van der Waals surface area contributed by atoms with Gasteiger partial charge in [-0.2, -0.15) is 0 Å². The van der Waals surface area contributed by atoms with Crippen molar-refractivity contribution in [3.63, 3.8) is 0 Å². The Hall–Kier alpha value is -1.13. The van der Waals surface area contributed by atoms with Crippen molar-refractivity contribution in [1.82, 2.24) is 5.32 Å². The number of amides is 1. The second-order valence-corrected chi connectivity index (χ2v) is 4.88. The van der Waals surface area contributed by atoms with Gasteiger partial charge in [-0.05, 0) is 18.8 Å². The number of rotatable bonds is 2. The van der Waals surface area contributed by atoms with E-state index >= 15 is 0 Å². The molecule has 0 aromatic heterocycles. The number of nitrogens with zero attached hydrogens (tertiary/aromatic N) is 1. The highest BCUT2D eigenvalue weighted by Gasteiger charge is 2.41. The summed E-state index contributed by atoms with van der Waals surface area (Å²) in [5, 5.41) is 13.8. The largest absolute Gasteiger partial charge is 0.346 e. The second kappa shape index (κ2) is 4.80. The van der Waals surface area contributed by atoms with Gasteiger partial charge >= 0.3 is 0 Å². The van der Waals surface area contributed by atoms with Crippen LogP contribution < -0.4 is 5.32 Å². The van der Waals surface area contributed by atoms with Gasteiger partial charge in [0.15, 0.2) is 0 Å². The monoisotopic (exact) mass is 226 g/mol. The lowest BCUT2D eigenvalue weighted by atomic mass is 9.79. The molecule has 1 saturated heterocycles. The Morgan fingerprint density at radius 1 is 1.19 bits per heavy atom. The second-order valence-electron chi connectivity index (χ2n) is 4.88. The quantitative estimate of drug-likeness (QED) is 0.572. The van der Waals surface area contributed by atoms with Crippen molar-refractivity contribution in [3.8, 4) is 0 Å². The van der Waals surface area contributed by atoms with Gasteiger partial charge in [-0.1, -0.05) is 19.3 Å². The van der Waals surface area contributed by atoms with E-state index in [1.807, 2.05) is 0 Å². The molecular formula is C11H18N2O3. The third-order valence-electron chi connectivity index (χ3n) is 3.84. The van der Waals surface area contributed by atoms with Gasteiger partial charge < -0.3 is 5.32 Å². The van der Waals surface area contributed by atoms with Crippen molar-refractivity contribution in [2.75, 3.05) is 0 Å². The molecule has 1 aliphatic carbocycles. The molecule has 16 heavy (non-hydrogen) atoms. The summed E-state index contributed by atoms with van der Waals surface area (Å²) < 4.78 is 0. The number of carbonyl (C=O) groups is 1. The van der Waals surface area contributed by atoms with E-state index in [0.29, 0.717) is 18.8 Å². The first-order chi connectivity index (χ1) is 7.68. The fraction of sp³-hybridized carbons (Fsp3) is 0.909. The van der Waals surface area contributed by atoms with Crippen LogP contribution in [0.4, 0.5) is 0 Å². The first kappa shape index (κ1) is 11.4. The summed E-state index contributed by atoms with van der Waals surface area (Å²) in [5.74, 6) is 0.294. The first-order valence-corrected chi connectivity index (χ1v) is 6.11. The Morgan fingerprint density at radius 2 is 1.88 bits per heavy atom. The predicted octanol–water partition coefficient (Wildman–Crippen LogP) is 1.49.